The van der Waals surface area contributed by atoms with Gasteiger partial charge in [0.2, 0.25) is 11.8 Å². The largest absolute Gasteiger partial charge is 0.340 e. The lowest BCUT2D eigenvalue weighted by Crippen LogP contribution is -2.38. The van der Waals surface area contributed by atoms with Crippen LogP contribution < -0.4 is 0 Å². The van der Waals surface area contributed by atoms with Crippen molar-refractivity contribution in [2.24, 2.45) is 0 Å². The van der Waals surface area contributed by atoms with Gasteiger partial charge in [0.15, 0.2) is 5.82 Å². The van der Waals surface area contributed by atoms with Gasteiger partial charge in [-0.1, -0.05) is 54.4 Å². The number of nitrogens with zero attached hydrogens (tertiary/aromatic N) is 4. The summed E-state index contributed by atoms with van der Waals surface area (Å²) in [5, 5.41) is 4.34. The minimum Gasteiger partial charge on any atom is -0.340 e. The molecule has 0 spiro atoms. The predicted octanol–water partition coefficient (Wildman–Crippen LogP) is 4.56. The van der Waals surface area contributed by atoms with Gasteiger partial charge in [-0.15, -0.1) is 0 Å². The molecule has 1 aromatic carbocycles. The van der Waals surface area contributed by atoms with E-state index in [0.717, 1.165) is 42.6 Å². The average Bonchev–Trinajstić information content (AvgIpc) is 3.24. The molecule has 1 aliphatic heterocycles. The first kappa shape index (κ1) is 19.6. The molecular weight excluding hydrogens is 400 g/mol. The molecule has 3 fully saturated rings. The van der Waals surface area contributed by atoms with E-state index >= 15 is 0 Å². The molecule has 2 aliphatic carbocycles. The van der Waals surface area contributed by atoms with Gasteiger partial charge in [0.1, 0.15) is 0 Å². The molecule has 2 atom stereocenters. The number of benzene rings is 1. The second-order valence-electron chi connectivity index (χ2n) is 9.63. The zero-order chi connectivity index (χ0) is 21.5. The Bertz CT molecular complexity index is 1090. The molecule has 164 valence electrons. The first-order valence-corrected chi connectivity index (χ1v) is 11.8. The van der Waals surface area contributed by atoms with Gasteiger partial charge in [-0.2, -0.15) is 4.98 Å². The number of hydrogen-bond donors (Lipinski definition) is 0. The van der Waals surface area contributed by atoms with Gasteiger partial charge in [0.05, 0.1) is 11.3 Å². The Hall–Kier alpha value is -3.02. The molecule has 0 bridgehead atoms. The van der Waals surface area contributed by atoms with E-state index in [1.807, 2.05) is 35.4 Å². The minimum absolute atomic E-state index is 0.00243. The normalized spacial score (nSPS) is 24.7. The maximum Gasteiger partial charge on any atom is 0.233 e. The summed E-state index contributed by atoms with van der Waals surface area (Å²) in [6.07, 6.45) is 10.3. The van der Waals surface area contributed by atoms with Gasteiger partial charge >= 0.3 is 0 Å². The molecular formula is C26H28N4O2. The molecule has 2 aromatic heterocycles. The summed E-state index contributed by atoms with van der Waals surface area (Å²) in [5.74, 6) is 2.26. The van der Waals surface area contributed by atoms with Crippen molar-refractivity contribution in [3.8, 4) is 0 Å². The van der Waals surface area contributed by atoms with E-state index in [9.17, 15) is 4.79 Å². The summed E-state index contributed by atoms with van der Waals surface area (Å²) in [6, 6.07) is 14.3. The van der Waals surface area contributed by atoms with E-state index in [1.54, 1.807) is 6.20 Å². The van der Waals surface area contributed by atoms with Crippen LogP contribution in [0, 0.1) is 0 Å². The summed E-state index contributed by atoms with van der Waals surface area (Å²) in [4.78, 5) is 24.9. The highest BCUT2D eigenvalue weighted by atomic mass is 16.5. The van der Waals surface area contributed by atoms with Crippen molar-refractivity contribution in [1.82, 2.24) is 20.0 Å². The molecule has 3 aliphatic rings. The van der Waals surface area contributed by atoms with Crippen LogP contribution in [0.25, 0.3) is 0 Å². The first-order valence-electron chi connectivity index (χ1n) is 11.8. The van der Waals surface area contributed by atoms with Crippen LogP contribution in [-0.4, -0.2) is 39.0 Å². The number of aromatic nitrogens is 3. The van der Waals surface area contributed by atoms with Crippen molar-refractivity contribution in [2.45, 2.75) is 61.7 Å². The molecule has 3 aromatic rings. The monoisotopic (exact) mass is 428 g/mol. The van der Waals surface area contributed by atoms with Gasteiger partial charge in [-0.25, -0.2) is 0 Å². The van der Waals surface area contributed by atoms with Crippen molar-refractivity contribution in [3.63, 3.8) is 0 Å². The van der Waals surface area contributed by atoms with Crippen LogP contribution in [0.3, 0.4) is 0 Å². The number of rotatable bonds is 5. The fourth-order valence-corrected chi connectivity index (χ4v) is 5.71. The predicted molar refractivity (Wildman–Crippen MR) is 119 cm³/mol. The van der Waals surface area contributed by atoms with Crippen LogP contribution in [0.4, 0.5) is 0 Å². The zero-order valence-corrected chi connectivity index (χ0v) is 18.2. The van der Waals surface area contributed by atoms with Crippen molar-refractivity contribution < 1.29 is 9.32 Å². The molecule has 0 radical (unpaired) electrons. The van der Waals surface area contributed by atoms with E-state index in [-0.39, 0.29) is 23.2 Å². The topological polar surface area (TPSA) is 72.1 Å². The molecule has 2 saturated carbocycles. The molecule has 32 heavy (non-hydrogen) atoms. The van der Waals surface area contributed by atoms with Gasteiger partial charge in [-0.3, -0.25) is 9.78 Å². The summed E-state index contributed by atoms with van der Waals surface area (Å²) in [7, 11) is 0. The lowest BCUT2D eigenvalue weighted by molar-refractivity contribution is -0.133. The van der Waals surface area contributed by atoms with Crippen LogP contribution in [-0.2, 0) is 10.2 Å². The van der Waals surface area contributed by atoms with Crippen molar-refractivity contribution in [1.29, 1.82) is 0 Å². The highest BCUT2D eigenvalue weighted by molar-refractivity contribution is 5.91. The van der Waals surface area contributed by atoms with E-state index in [4.69, 9.17) is 9.51 Å². The molecule has 3 heterocycles. The number of carbonyl (C=O) groups excluding carboxylic acids is 1. The first-order chi connectivity index (χ1) is 15.7. The van der Waals surface area contributed by atoms with Gasteiger partial charge in [-0.05, 0) is 42.9 Å². The number of pyridine rings is 1. The van der Waals surface area contributed by atoms with Crippen molar-refractivity contribution in [2.75, 3.05) is 13.1 Å². The highest BCUT2D eigenvalue weighted by Gasteiger charge is 2.55. The maximum absolute atomic E-state index is 13.7. The Balaban J connectivity index is 1.30. The van der Waals surface area contributed by atoms with Gasteiger partial charge < -0.3 is 9.42 Å². The van der Waals surface area contributed by atoms with E-state index in [0.29, 0.717) is 24.9 Å². The Morgan fingerprint density at radius 1 is 1.00 bits per heavy atom. The van der Waals surface area contributed by atoms with Crippen LogP contribution in [0.2, 0.25) is 0 Å². The van der Waals surface area contributed by atoms with Gasteiger partial charge in [0, 0.05) is 37.3 Å². The number of carbonyl (C=O) groups is 1. The third-order valence-electron chi connectivity index (χ3n) is 7.70. The standard InChI is InChI=1S/C26H28N4O2/c31-25(26(12-13-26)20-10-2-1-3-11-20)30-16-21(19-9-6-14-27-15-19)22(17-30)24-28-23(29-32-24)18-7-4-5-8-18/h1-3,6,9-11,14-15,18,21-22H,4-5,7-8,12-13,16-17H2. The SMILES string of the molecule is O=C(N1CC(c2cccnc2)C(c2nc(C3CCCC3)no2)C1)C1(c2ccccc2)CC1. The smallest absolute Gasteiger partial charge is 0.233 e. The third kappa shape index (κ3) is 3.33. The molecule has 6 heteroatoms. The van der Waals surface area contributed by atoms with Gasteiger partial charge in [0.25, 0.3) is 0 Å². The molecule has 2 unspecified atom stereocenters. The molecule has 6 nitrogen and oxygen atoms in total. The Morgan fingerprint density at radius 3 is 2.50 bits per heavy atom. The quantitative estimate of drug-likeness (QED) is 0.596. The number of likely N-dealkylation sites (tertiary alicyclic amines) is 1. The lowest BCUT2D eigenvalue weighted by Gasteiger charge is -2.23. The highest BCUT2D eigenvalue weighted by Crippen LogP contribution is 2.51. The van der Waals surface area contributed by atoms with Crippen LogP contribution in [0.1, 0.15) is 79.1 Å². The maximum atomic E-state index is 13.7. The molecule has 0 N–H and O–H groups in total. The summed E-state index contributed by atoms with van der Waals surface area (Å²) in [6.45, 7) is 1.27. The van der Waals surface area contributed by atoms with Crippen LogP contribution in [0.5, 0.6) is 0 Å². The fourth-order valence-electron chi connectivity index (χ4n) is 5.71. The van der Waals surface area contributed by atoms with Crippen molar-refractivity contribution in [3.05, 3.63) is 77.7 Å². The second kappa shape index (κ2) is 7.84. The number of amides is 1. The Kier molecular flexibility index (Phi) is 4.81. The summed E-state index contributed by atoms with van der Waals surface area (Å²) >= 11 is 0. The minimum atomic E-state index is -0.362. The van der Waals surface area contributed by atoms with E-state index in [2.05, 4.69) is 28.3 Å². The lowest BCUT2D eigenvalue weighted by atomic mass is 9.90. The Morgan fingerprint density at radius 2 is 1.78 bits per heavy atom. The zero-order valence-electron chi connectivity index (χ0n) is 18.2. The van der Waals surface area contributed by atoms with Crippen LogP contribution >= 0.6 is 0 Å². The second-order valence-corrected chi connectivity index (χ2v) is 9.63. The van der Waals surface area contributed by atoms with E-state index in [1.165, 1.54) is 12.8 Å². The average molecular weight is 429 g/mol. The fraction of sp³-hybridized carbons (Fsp3) is 0.462. The third-order valence-corrected chi connectivity index (χ3v) is 7.70. The molecule has 1 amide bonds. The Labute approximate surface area is 188 Å². The number of hydrogen-bond acceptors (Lipinski definition) is 5. The summed E-state index contributed by atoms with van der Waals surface area (Å²) < 4.78 is 5.81. The molecule has 1 saturated heterocycles. The van der Waals surface area contributed by atoms with E-state index < -0.39 is 0 Å². The molecule has 6 rings (SSSR count). The summed E-state index contributed by atoms with van der Waals surface area (Å²) in [5.41, 5.74) is 1.89. The van der Waals surface area contributed by atoms with Crippen molar-refractivity contribution >= 4 is 5.91 Å². The van der Waals surface area contributed by atoms with Crippen LogP contribution in [0.15, 0.2) is 59.4 Å².